The van der Waals surface area contributed by atoms with Crippen molar-refractivity contribution in [2.24, 2.45) is 11.7 Å². The Hall–Kier alpha value is -0.320. The van der Waals surface area contributed by atoms with E-state index in [9.17, 15) is 4.79 Å². The lowest BCUT2D eigenvalue weighted by Crippen LogP contribution is -2.50. The van der Waals surface area contributed by atoms with Gasteiger partial charge in [0, 0.05) is 13.1 Å². The van der Waals surface area contributed by atoms with Crippen molar-refractivity contribution in [1.29, 1.82) is 0 Å². The van der Waals surface area contributed by atoms with E-state index in [1.165, 1.54) is 0 Å². The highest BCUT2D eigenvalue weighted by molar-refractivity contribution is 5.85. The molecule has 3 N–H and O–H groups in total. The molecule has 0 atom stereocenters. The Kier molecular flexibility index (Phi) is 2.90. The first-order valence-corrected chi connectivity index (χ1v) is 2.43. The van der Waals surface area contributed by atoms with Gasteiger partial charge in [-0.15, -0.1) is 12.4 Å². The molecule has 0 unspecified atom stereocenters. The van der Waals surface area contributed by atoms with Crippen molar-refractivity contribution >= 4 is 18.3 Å². The number of amides is 1. The molecule has 0 radical (unpaired) electrons. The van der Waals surface area contributed by atoms with Crippen LogP contribution in [0, 0.1) is 5.92 Å². The molecule has 1 amide bonds. The summed E-state index contributed by atoms with van der Waals surface area (Å²) in [6, 6.07) is 0. The number of nitrogens with zero attached hydrogens (tertiary/aromatic N) is 1. The van der Waals surface area contributed by atoms with Gasteiger partial charge in [-0.3, -0.25) is 4.79 Å². The number of nitrogens with two attached hydrogens (primary N) is 1. The van der Waals surface area contributed by atoms with Gasteiger partial charge in [0.05, 0.1) is 5.92 Å². The molecule has 1 aliphatic heterocycles. The third kappa shape index (κ3) is 1.82. The van der Waals surface area contributed by atoms with Crippen LogP contribution in [0.4, 0.5) is 0 Å². The van der Waals surface area contributed by atoms with Crippen molar-refractivity contribution in [1.82, 2.24) is 5.06 Å². The van der Waals surface area contributed by atoms with E-state index >= 15 is 0 Å². The summed E-state index contributed by atoms with van der Waals surface area (Å²) >= 11 is 0. The molecule has 0 spiro atoms. The van der Waals surface area contributed by atoms with Gasteiger partial charge in [0.2, 0.25) is 5.91 Å². The summed E-state index contributed by atoms with van der Waals surface area (Å²) in [5.74, 6) is -0.449. The average molecular weight is 153 g/mol. The standard InChI is InChI=1S/C4H8N2O2.ClH/c5-4(7)3-1-6(8)2-3;/h3,8H,1-2H2,(H2,5,7);1H. The van der Waals surface area contributed by atoms with Crippen LogP contribution in [0.2, 0.25) is 0 Å². The molecule has 54 valence electrons. The summed E-state index contributed by atoms with van der Waals surface area (Å²) in [5.41, 5.74) is 4.88. The third-order valence-corrected chi connectivity index (χ3v) is 1.26. The minimum absolute atomic E-state index is 0. The smallest absolute Gasteiger partial charge is 0.223 e. The maximum atomic E-state index is 10.2. The lowest BCUT2D eigenvalue weighted by molar-refractivity contribution is -0.175. The van der Waals surface area contributed by atoms with Crippen molar-refractivity contribution in [3.8, 4) is 0 Å². The number of rotatable bonds is 1. The number of hydroxylamine groups is 2. The van der Waals surface area contributed by atoms with Crippen LogP contribution < -0.4 is 5.73 Å². The second-order valence-corrected chi connectivity index (χ2v) is 1.97. The monoisotopic (exact) mass is 152 g/mol. The number of hydrogen-bond donors (Lipinski definition) is 2. The van der Waals surface area contributed by atoms with E-state index in [0.717, 1.165) is 5.06 Å². The van der Waals surface area contributed by atoms with Crippen molar-refractivity contribution in [3.63, 3.8) is 0 Å². The van der Waals surface area contributed by atoms with Crippen molar-refractivity contribution < 1.29 is 10.0 Å². The molecule has 0 aliphatic carbocycles. The predicted octanol–water partition coefficient (Wildman–Crippen LogP) is -0.786. The van der Waals surface area contributed by atoms with E-state index in [1.54, 1.807) is 0 Å². The topological polar surface area (TPSA) is 66.6 Å². The van der Waals surface area contributed by atoms with Gasteiger partial charge in [-0.1, -0.05) is 0 Å². The van der Waals surface area contributed by atoms with E-state index in [2.05, 4.69) is 0 Å². The summed E-state index contributed by atoms with van der Waals surface area (Å²) in [5, 5.41) is 9.56. The first kappa shape index (κ1) is 8.68. The Bertz CT molecular complexity index is 113. The Morgan fingerprint density at radius 3 is 2.22 bits per heavy atom. The number of carbonyl (C=O) groups excluding carboxylic acids is 1. The molecule has 1 saturated heterocycles. The van der Waals surface area contributed by atoms with Crippen LogP contribution in [0.3, 0.4) is 0 Å². The number of primary amides is 1. The Morgan fingerprint density at radius 1 is 1.67 bits per heavy atom. The minimum atomic E-state index is -0.324. The van der Waals surface area contributed by atoms with Gasteiger partial charge >= 0.3 is 0 Å². The van der Waals surface area contributed by atoms with Crippen LogP contribution in [0.1, 0.15) is 0 Å². The molecular formula is C4H9ClN2O2. The van der Waals surface area contributed by atoms with Crippen LogP contribution in [-0.2, 0) is 4.79 Å². The predicted molar refractivity (Wildman–Crippen MR) is 33.3 cm³/mol. The highest BCUT2D eigenvalue weighted by Crippen LogP contribution is 2.10. The van der Waals surface area contributed by atoms with Gasteiger partial charge in [-0.2, -0.15) is 5.06 Å². The first-order chi connectivity index (χ1) is 3.70. The second-order valence-electron chi connectivity index (χ2n) is 1.97. The molecule has 1 fully saturated rings. The minimum Gasteiger partial charge on any atom is -0.369 e. The fraction of sp³-hybridized carbons (Fsp3) is 0.750. The van der Waals surface area contributed by atoms with E-state index in [1.807, 2.05) is 0 Å². The summed E-state index contributed by atoms with van der Waals surface area (Å²) in [6.07, 6.45) is 0. The lowest BCUT2D eigenvalue weighted by Gasteiger charge is -2.31. The molecule has 0 aromatic carbocycles. The maximum Gasteiger partial charge on any atom is 0.223 e. The van der Waals surface area contributed by atoms with E-state index < -0.39 is 0 Å². The molecule has 0 aromatic heterocycles. The van der Waals surface area contributed by atoms with Gasteiger partial charge in [0.15, 0.2) is 0 Å². The van der Waals surface area contributed by atoms with Crippen molar-refractivity contribution in [3.05, 3.63) is 0 Å². The zero-order valence-corrected chi connectivity index (χ0v) is 5.60. The maximum absolute atomic E-state index is 10.2. The van der Waals surface area contributed by atoms with Crippen LogP contribution in [-0.4, -0.2) is 29.3 Å². The summed E-state index contributed by atoms with van der Waals surface area (Å²) < 4.78 is 0. The van der Waals surface area contributed by atoms with Crippen molar-refractivity contribution in [2.45, 2.75) is 0 Å². The molecule has 1 heterocycles. The fourth-order valence-electron chi connectivity index (χ4n) is 0.635. The fourth-order valence-corrected chi connectivity index (χ4v) is 0.635. The Morgan fingerprint density at radius 2 is 2.11 bits per heavy atom. The molecule has 1 rings (SSSR count). The van der Waals surface area contributed by atoms with Gasteiger partial charge in [-0.05, 0) is 0 Å². The summed E-state index contributed by atoms with van der Waals surface area (Å²) in [4.78, 5) is 10.2. The molecule has 4 nitrogen and oxygen atoms in total. The van der Waals surface area contributed by atoms with Crippen LogP contribution in [0.25, 0.3) is 0 Å². The van der Waals surface area contributed by atoms with E-state index in [0.29, 0.717) is 13.1 Å². The quantitative estimate of drug-likeness (QED) is 0.518. The molecular weight excluding hydrogens is 144 g/mol. The van der Waals surface area contributed by atoms with Crippen LogP contribution in [0.5, 0.6) is 0 Å². The largest absolute Gasteiger partial charge is 0.369 e. The SMILES string of the molecule is Cl.NC(=O)C1CN(O)C1. The van der Waals surface area contributed by atoms with Crippen LogP contribution in [0.15, 0.2) is 0 Å². The normalized spacial score (nSPS) is 20.1. The highest BCUT2D eigenvalue weighted by atomic mass is 35.5. The highest BCUT2D eigenvalue weighted by Gasteiger charge is 2.29. The average Bonchev–Trinajstić information content (AvgIpc) is 1.57. The molecule has 0 saturated carbocycles. The van der Waals surface area contributed by atoms with Gasteiger partial charge < -0.3 is 10.9 Å². The zero-order valence-electron chi connectivity index (χ0n) is 4.78. The van der Waals surface area contributed by atoms with Crippen LogP contribution >= 0.6 is 12.4 Å². The summed E-state index contributed by atoms with van der Waals surface area (Å²) in [6.45, 7) is 0.796. The first-order valence-electron chi connectivity index (χ1n) is 2.43. The van der Waals surface area contributed by atoms with Gasteiger partial charge in [0.1, 0.15) is 0 Å². The second kappa shape index (κ2) is 3.00. The van der Waals surface area contributed by atoms with E-state index in [4.69, 9.17) is 10.9 Å². The Balaban J connectivity index is 0.000000640. The zero-order chi connectivity index (χ0) is 6.15. The Labute approximate surface area is 59.0 Å². The molecule has 9 heavy (non-hydrogen) atoms. The number of carbonyl (C=O) groups is 1. The molecule has 0 aromatic rings. The van der Waals surface area contributed by atoms with Crippen molar-refractivity contribution in [2.75, 3.05) is 13.1 Å². The number of halogens is 1. The lowest BCUT2D eigenvalue weighted by atomic mass is 10.0. The summed E-state index contributed by atoms with van der Waals surface area (Å²) in [7, 11) is 0. The molecule has 0 bridgehead atoms. The van der Waals surface area contributed by atoms with Gasteiger partial charge in [-0.25, -0.2) is 0 Å². The third-order valence-electron chi connectivity index (χ3n) is 1.26. The van der Waals surface area contributed by atoms with E-state index in [-0.39, 0.29) is 24.2 Å². The molecule has 5 heteroatoms. The number of hydrogen-bond acceptors (Lipinski definition) is 3. The molecule has 1 aliphatic rings. The van der Waals surface area contributed by atoms with Gasteiger partial charge in [0.25, 0.3) is 0 Å².